The van der Waals surface area contributed by atoms with Gasteiger partial charge in [-0.25, -0.2) is 4.98 Å². The Bertz CT molecular complexity index is 851. The van der Waals surface area contributed by atoms with Gasteiger partial charge in [-0.05, 0) is 23.8 Å². The first-order valence-electron chi connectivity index (χ1n) is 7.83. The van der Waals surface area contributed by atoms with E-state index in [1.54, 1.807) is 11.1 Å². The average molecular weight is 372 g/mol. The molecule has 4 nitrogen and oxygen atoms in total. The molecule has 0 saturated heterocycles. The van der Waals surface area contributed by atoms with Gasteiger partial charge in [-0.2, -0.15) is 0 Å². The summed E-state index contributed by atoms with van der Waals surface area (Å²) < 4.78 is 1.93. The predicted molar refractivity (Wildman–Crippen MR) is 102 cm³/mol. The molecule has 1 amide bonds. The molecule has 0 atom stereocenters. The highest BCUT2D eigenvalue weighted by atomic mass is 35.5. The van der Waals surface area contributed by atoms with Gasteiger partial charge in [-0.3, -0.25) is 9.36 Å². The van der Waals surface area contributed by atoms with Gasteiger partial charge >= 0.3 is 0 Å². The number of nitrogens with zero attached hydrogens (tertiary/aromatic N) is 3. The van der Waals surface area contributed by atoms with Crippen LogP contribution >= 0.6 is 23.4 Å². The maximum absolute atomic E-state index is 12.4. The number of benzene rings is 2. The Balaban J connectivity index is 1.62. The van der Waals surface area contributed by atoms with E-state index >= 15 is 0 Å². The third-order valence-electron chi connectivity index (χ3n) is 3.71. The van der Waals surface area contributed by atoms with Crippen molar-refractivity contribution in [2.75, 3.05) is 12.8 Å². The number of carbonyl (C=O) groups is 1. The number of aromatic nitrogens is 2. The normalized spacial score (nSPS) is 10.6. The molecule has 0 aliphatic rings. The first-order valence-corrected chi connectivity index (χ1v) is 9.20. The van der Waals surface area contributed by atoms with Crippen molar-refractivity contribution in [2.24, 2.45) is 0 Å². The number of thioether (sulfide) groups is 1. The second-order valence-corrected chi connectivity index (χ2v) is 6.96. The van der Waals surface area contributed by atoms with Crippen LogP contribution in [0.15, 0.2) is 72.1 Å². The lowest BCUT2D eigenvalue weighted by Crippen LogP contribution is -2.27. The summed E-state index contributed by atoms with van der Waals surface area (Å²) in [6, 6.07) is 17.5. The molecule has 3 aromatic rings. The number of amides is 1. The lowest BCUT2D eigenvalue weighted by molar-refractivity contribution is -0.127. The smallest absolute Gasteiger partial charge is 0.233 e. The van der Waals surface area contributed by atoms with Crippen LogP contribution < -0.4 is 0 Å². The van der Waals surface area contributed by atoms with Gasteiger partial charge in [0.1, 0.15) is 0 Å². The fourth-order valence-corrected chi connectivity index (χ4v) is 3.50. The zero-order chi connectivity index (χ0) is 17.6. The van der Waals surface area contributed by atoms with Crippen LogP contribution in [-0.2, 0) is 11.3 Å². The Morgan fingerprint density at radius 1 is 1.20 bits per heavy atom. The van der Waals surface area contributed by atoms with Crippen LogP contribution in [0.3, 0.4) is 0 Å². The summed E-state index contributed by atoms with van der Waals surface area (Å²) in [4.78, 5) is 18.5. The van der Waals surface area contributed by atoms with Gasteiger partial charge in [0.25, 0.3) is 0 Å². The third-order valence-corrected chi connectivity index (χ3v) is 4.89. The molecule has 0 bridgehead atoms. The maximum Gasteiger partial charge on any atom is 0.233 e. The van der Waals surface area contributed by atoms with Gasteiger partial charge in [-0.15, -0.1) is 0 Å². The minimum atomic E-state index is 0.0643. The van der Waals surface area contributed by atoms with Gasteiger partial charge < -0.3 is 4.90 Å². The first kappa shape index (κ1) is 17.6. The Morgan fingerprint density at radius 3 is 2.76 bits per heavy atom. The first-order chi connectivity index (χ1) is 12.1. The van der Waals surface area contributed by atoms with E-state index in [1.807, 2.05) is 72.4 Å². The van der Waals surface area contributed by atoms with Gasteiger partial charge in [0, 0.05) is 36.7 Å². The van der Waals surface area contributed by atoms with Crippen molar-refractivity contribution < 1.29 is 4.79 Å². The molecule has 6 heteroatoms. The lowest BCUT2D eigenvalue weighted by atomic mass is 10.2. The van der Waals surface area contributed by atoms with Crippen molar-refractivity contribution in [3.63, 3.8) is 0 Å². The minimum absolute atomic E-state index is 0.0643. The summed E-state index contributed by atoms with van der Waals surface area (Å²) in [7, 11) is 1.82. The van der Waals surface area contributed by atoms with E-state index in [4.69, 9.17) is 11.6 Å². The molecule has 0 aliphatic heterocycles. The van der Waals surface area contributed by atoms with Gasteiger partial charge in [0.05, 0.1) is 5.75 Å². The summed E-state index contributed by atoms with van der Waals surface area (Å²) in [6.07, 6.45) is 3.59. The predicted octanol–water partition coefficient (Wildman–Crippen LogP) is 4.28. The molecule has 0 spiro atoms. The van der Waals surface area contributed by atoms with Crippen molar-refractivity contribution in [1.29, 1.82) is 0 Å². The van der Waals surface area contributed by atoms with Crippen molar-refractivity contribution >= 4 is 29.3 Å². The average Bonchev–Trinajstić information content (AvgIpc) is 3.09. The summed E-state index contributed by atoms with van der Waals surface area (Å²) in [5.41, 5.74) is 2.04. The molecule has 0 saturated carbocycles. The Hall–Kier alpha value is -2.24. The molecule has 0 radical (unpaired) electrons. The van der Waals surface area contributed by atoms with Crippen molar-refractivity contribution in [2.45, 2.75) is 11.7 Å². The number of halogens is 1. The van der Waals surface area contributed by atoms with Crippen LogP contribution in [-0.4, -0.2) is 33.2 Å². The number of hydrogen-bond acceptors (Lipinski definition) is 3. The second kappa shape index (κ2) is 8.23. The number of imidazole rings is 1. The fraction of sp³-hybridized carbons (Fsp3) is 0.158. The van der Waals surface area contributed by atoms with Crippen LogP contribution in [0.1, 0.15) is 5.56 Å². The molecule has 0 N–H and O–H groups in total. The van der Waals surface area contributed by atoms with E-state index in [0.717, 1.165) is 16.4 Å². The summed E-state index contributed by atoms with van der Waals surface area (Å²) >= 11 is 7.48. The molecule has 1 aromatic heterocycles. The highest BCUT2D eigenvalue weighted by Gasteiger charge is 2.13. The van der Waals surface area contributed by atoms with Crippen LogP contribution in [0.5, 0.6) is 0 Å². The third kappa shape index (κ3) is 4.65. The highest BCUT2D eigenvalue weighted by molar-refractivity contribution is 7.99. The molecular weight excluding hydrogens is 354 g/mol. The molecule has 0 unspecified atom stereocenters. The molecule has 128 valence electrons. The largest absolute Gasteiger partial charge is 0.341 e. The van der Waals surface area contributed by atoms with E-state index in [9.17, 15) is 4.79 Å². The number of carbonyl (C=O) groups excluding carboxylic acids is 1. The van der Waals surface area contributed by atoms with Crippen LogP contribution in [0, 0.1) is 0 Å². The fourth-order valence-electron chi connectivity index (χ4n) is 2.40. The Labute approximate surface area is 156 Å². The van der Waals surface area contributed by atoms with Crippen molar-refractivity contribution in [3.8, 4) is 5.69 Å². The van der Waals surface area contributed by atoms with Crippen molar-refractivity contribution in [3.05, 3.63) is 77.6 Å². The van der Waals surface area contributed by atoms with Crippen LogP contribution in [0.4, 0.5) is 0 Å². The zero-order valence-corrected chi connectivity index (χ0v) is 15.4. The minimum Gasteiger partial charge on any atom is -0.341 e. The van der Waals surface area contributed by atoms with Gasteiger partial charge in [0.2, 0.25) is 5.91 Å². The monoisotopic (exact) mass is 371 g/mol. The van der Waals surface area contributed by atoms with E-state index in [0.29, 0.717) is 17.3 Å². The molecule has 25 heavy (non-hydrogen) atoms. The number of rotatable bonds is 6. The Kier molecular flexibility index (Phi) is 5.79. The van der Waals surface area contributed by atoms with Gasteiger partial charge in [0.15, 0.2) is 5.16 Å². The number of hydrogen-bond donors (Lipinski definition) is 0. The molecular formula is C19H18ClN3OS. The summed E-state index contributed by atoms with van der Waals surface area (Å²) in [5, 5.41) is 1.43. The van der Waals surface area contributed by atoms with Crippen molar-refractivity contribution in [1.82, 2.24) is 14.5 Å². The molecule has 2 aromatic carbocycles. The Morgan fingerprint density at radius 2 is 2.00 bits per heavy atom. The topological polar surface area (TPSA) is 38.1 Å². The van der Waals surface area contributed by atoms with Crippen LogP contribution in [0.25, 0.3) is 5.69 Å². The van der Waals surface area contributed by atoms with E-state index < -0.39 is 0 Å². The SMILES string of the molecule is CN(Cc1ccccc1)C(=O)CSc1nccn1-c1cccc(Cl)c1. The second-order valence-electron chi connectivity index (χ2n) is 5.58. The molecule has 0 fully saturated rings. The highest BCUT2D eigenvalue weighted by Crippen LogP contribution is 2.22. The van der Waals surface area contributed by atoms with Gasteiger partial charge in [-0.1, -0.05) is 59.8 Å². The zero-order valence-electron chi connectivity index (χ0n) is 13.8. The van der Waals surface area contributed by atoms with E-state index in [2.05, 4.69) is 4.98 Å². The molecule has 1 heterocycles. The molecule has 3 rings (SSSR count). The summed E-state index contributed by atoms with van der Waals surface area (Å²) in [6.45, 7) is 0.600. The van der Waals surface area contributed by atoms with Crippen LogP contribution in [0.2, 0.25) is 5.02 Å². The quantitative estimate of drug-likeness (QED) is 0.607. The maximum atomic E-state index is 12.4. The van der Waals surface area contributed by atoms with E-state index in [-0.39, 0.29) is 5.91 Å². The standard InChI is InChI=1S/C19H18ClN3OS/c1-22(13-15-6-3-2-4-7-15)18(24)14-25-19-21-10-11-23(19)17-9-5-8-16(20)12-17/h2-12H,13-14H2,1H3. The summed E-state index contributed by atoms with van der Waals surface area (Å²) in [5.74, 6) is 0.399. The molecule has 0 aliphatic carbocycles. The van der Waals surface area contributed by atoms with E-state index in [1.165, 1.54) is 11.8 Å². The lowest BCUT2D eigenvalue weighted by Gasteiger charge is -2.17.